The Labute approximate surface area is 122 Å². The fourth-order valence-electron chi connectivity index (χ4n) is 1.67. The lowest BCUT2D eigenvalue weighted by Crippen LogP contribution is -2.28. The molecule has 0 aliphatic carbocycles. The Morgan fingerprint density at radius 1 is 1.10 bits per heavy atom. The highest BCUT2D eigenvalue weighted by Crippen LogP contribution is 2.06. The van der Waals surface area contributed by atoms with Gasteiger partial charge in [-0.1, -0.05) is 12.1 Å². The number of pyridine rings is 1. The maximum atomic E-state index is 11.7. The second-order valence-electron chi connectivity index (χ2n) is 4.23. The van der Waals surface area contributed by atoms with E-state index in [1.54, 1.807) is 48.8 Å². The molecule has 0 aliphatic heterocycles. The number of carbonyl (C=O) groups is 2. The van der Waals surface area contributed by atoms with Crippen molar-refractivity contribution in [2.75, 3.05) is 12.4 Å². The summed E-state index contributed by atoms with van der Waals surface area (Å²) in [5.74, 6) is -0.384. The van der Waals surface area contributed by atoms with E-state index in [-0.39, 0.29) is 12.0 Å². The van der Waals surface area contributed by atoms with Crippen LogP contribution in [-0.2, 0) is 11.3 Å². The lowest BCUT2D eigenvalue weighted by atomic mass is 10.1. The Morgan fingerprint density at radius 2 is 1.76 bits per heavy atom. The van der Waals surface area contributed by atoms with Crippen LogP contribution < -0.4 is 10.6 Å². The van der Waals surface area contributed by atoms with Gasteiger partial charge >= 0.3 is 12.0 Å². The molecule has 2 aromatic rings. The van der Waals surface area contributed by atoms with E-state index in [2.05, 4.69) is 20.4 Å². The Bertz CT molecular complexity index is 612. The van der Waals surface area contributed by atoms with E-state index in [9.17, 15) is 9.59 Å². The number of hydrogen-bond donors (Lipinski definition) is 2. The average Bonchev–Trinajstić information content (AvgIpc) is 2.53. The Balaban J connectivity index is 1.85. The molecular formula is C15H15N3O3. The van der Waals surface area contributed by atoms with Crippen LogP contribution in [0.15, 0.2) is 48.8 Å². The lowest BCUT2D eigenvalue weighted by Gasteiger charge is -2.08. The van der Waals surface area contributed by atoms with Crippen molar-refractivity contribution in [3.63, 3.8) is 0 Å². The molecule has 1 aromatic carbocycles. The van der Waals surface area contributed by atoms with Gasteiger partial charge in [0.2, 0.25) is 0 Å². The Kier molecular flexibility index (Phi) is 4.87. The molecule has 0 fully saturated rings. The first-order chi connectivity index (χ1) is 10.2. The van der Waals surface area contributed by atoms with Gasteiger partial charge in [0.25, 0.3) is 0 Å². The topological polar surface area (TPSA) is 80.3 Å². The number of amides is 2. The average molecular weight is 285 g/mol. The van der Waals surface area contributed by atoms with Gasteiger partial charge in [0.1, 0.15) is 0 Å². The van der Waals surface area contributed by atoms with E-state index in [4.69, 9.17) is 0 Å². The van der Waals surface area contributed by atoms with E-state index < -0.39 is 0 Å². The fourth-order valence-corrected chi connectivity index (χ4v) is 1.67. The molecule has 21 heavy (non-hydrogen) atoms. The molecule has 6 nitrogen and oxygen atoms in total. The van der Waals surface area contributed by atoms with E-state index in [1.165, 1.54) is 7.11 Å². The molecule has 0 spiro atoms. The van der Waals surface area contributed by atoms with Gasteiger partial charge in [0.15, 0.2) is 0 Å². The van der Waals surface area contributed by atoms with Crippen molar-refractivity contribution in [3.8, 4) is 0 Å². The molecule has 1 heterocycles. The van der Waals surface area contributed by atoms with Gasteiger partial charge in [-0.05, 0) is 29.8 Å². The molecule has 0 saturated heterocycles. The summed E-state index contributed by atoms with van der Waals surface area (Å²) in [6.07, 6.45) is 3.20. The number of rotatable bonds is 4. The van der Waals surface area contributed by atoms with Gasteiger partial charge < -0.3 is 15.4 Å². The van der Waals surface area contributed by atoms with Crippen LogP contribution >= 0.6 is 0 Å². The molecule has 0 unspecified atom stereocenters. The zero-order valence-corrected chi connectivity index (χ0v) is 11.5. The summed E-state index contributed by atoms with van der Waals surface area (Å²) >= 11 is 0. The summed E-state index contributed by atoms with van der Waals surface area (Å²) in [7, 11) is 1.33. The predicted molar refractivity (Wildman–Crippen MR) is 77.9 cm³/mol. The third-order valence-corrected chi connectivity index (χ3v) is 2.77. The number of nitrogens with zero attached hydrogens (tertiary/aromatic N) is 1. The van der Waals surface area contributed by atoms with E-state index >= 15 is 0 Å². The van der Waals surface area contributed by atoms with Crippen molar-refractivity contribution in [2.24, 2.45) is 0 Å². The van der Waals surface area contributed by atoms with Gasteiger partial charge in [0.05, 0.1) is 12.7 Å². The molecule has 0 atom stereocenters. The van der Waals surface area contributed by atoms with Crippen molar-refractivity contribution in [2.45, 2.75) is 6.54 Å². The van der Waals surface area contributed by atoms with Crippen LogP contribution in [0, 0.1) is 0 Å². The summed E-state index contributed by atoms with van der Waals surface area (Å²) in [4.78, 5) is 26.8. The van der Waals surface area contributed by atoms with Gasteiger partial charge in [0, 0.05) is 24.6 Å². The second-order valence-corrected chi connectivity index (χ2v) is 4.23. The summed E-state index contributed by atoms with van der Waals surface area (Å²) < 4.78 is 4.62. The van der Waals surface area contributed by atoms with Gasteiger partial charge in [-0.3, -0.25) is 4.98 Å². The maximum absolute atomic E-state index is 11.7. The number of nitrogens with one attached hydrogen (secondary N) is 2. The zero-order chi connectivity index (χ0) is 15.1. The number of carbonyl (C=O) groups excluding carboxylic acids is 2. The quantitative estimate of drug-likeness (QED) is 0.844. The van der Waals surface area contributed by atoms with Crippen LogP contribution in [0.3, 0.4) is 0 Å². The minimum Gasteiger partial charge on any atom is -0.465 e. The third-order valence-electron chi connectivity index (χ3n) is 2.77. The van der Waals surface area contributed by atoms with Gasteiger partial charge in [-0.2, -0.15) is 0 Å². The van der Waals surface area contributed by atoms with Crippen molar-refractivity contribution in [3.05, 3.63) is 59.9 Å². The number of ether oxygens (including phenoxy) is 1. The number of benzene rings is 1. The molecule has 1 aromatic heterocycles. The molecule has 2 N–H and O–H groups in total. The molecule has 6 heteroatoms. The van der Waals surface area contributed by atoms with Crippen LogP contribution in [-0.4, -0.2) is 24.1 Å². The number of hydrogen-bond acceptors (Lipinski definition) is 4. The molecule has 0 bridgehead atoms. The van der Waals surface area contributed by atoms with E-state index in [1.807, 2.05) is 0 Å². The normalized spacial score (nSPS) is 9.76. The van der Waals surface area contributed by atoms with Crippen LogP contribution in [0.1, 0.15) is 15.9 Å². The van der Waals surface area contributed by atoms with Gasteiger partial charge in [-0.25, -0.2) is 9.59 Å². The minimum absolute atomic E-state index is 0.307. The molecular weight excluding hydrogens is 270 g/mol. The third kappa shape index (κ3) is 4.31. The van der Waals surface area contributed by atoms with E-state index in [0.29, 0.717) is 17.8 Å². The highest BCUT2D eigenvalue weighted by molar-refractivity contribution is 5.90. The van der Waals surface area contributed by atoms with Crippen molar-refractivity contribution in [1.29, 1.82) is 0 Å². The minimum atomic E-state index is -0.384. The standard InChI is InChI=1S/C15H15N3O3/c1-21-14(19)12-4-2-11(3-5-12)10-17-15(20)18-13-6-8-16-9-7-13/h2-9H,10H2,1H3,(H2,16,17,18,20). The Hall–Kier alpha value is -2.89. The predicted octanol–water partition coefficient (Wildman–Crippen LogP) is 2.19. The first-order valence-electron chi connectivity index (χ1n) is 6.31. The van der Waals surface area contributed by atoms with Crippen molar-refractivity contribution < 1.29 is 14.3 Å². The highest BCUT2D eigenvalue weighted by Gasteiger charge is 2.05. The van der Waals surface area contributed by atoms with Crippen LogP contribution in [0.25, 0.3) is 0 Å². The second kappa shape index (κ2) is 7.04. The number of anilines is 1. The zero-order valence-electron chi connectivity index (χ0n) is 11.5. The monoisotopic (exact) mass is 285 g/mol. The number of urea groups is 1. The summed E-state index contributed by atoms with van der Waals surface area (Å²) in [5, 5.41) is 5.41. The van der Waals surface area contributed by atoms with Crippen molar-refractivity contribution >= 4 is 17.7 Å². The number of aromatic nitrogens is 1. The smallest absolute Gasteiger partial charge is 0.337 e. The molecule has 108 valence electrons. The summed E-state index contributed by atoms with van der Waals surface area (Å²) in [6, 6.07) is 9.93. The largest absolute Gasteiger partial charge is 0.465 e. The van der Waals surface area contributed by atoms with Crippen LogP contribution in [0.5, 0.6) is 0 Å². The SMILES string of the molecule is COC(=O)c1ccc(CNC(=O)Nc2ccncc2)cc1. The molecule has 2 amide bonds. The van der Waals surface area contributed by atoms with E-state index in [0.717, 1.165) is 5.56 Å². The molecule has 0 aliphatic rings. The first kappa shape index (κ1) is 14.5. The Morgan fingerprint density at radius 3 is 2.38 bits per heavy atom. The first-order valence-corrected chi connectivity index (χ1v) is 6.31. The van der Waals surface area contributed by atoms with Crippen LogP contribution in [0.4, 0.5) is 10.5 Å². The maximum Gasteiger partial charge on any atom is 0.337 e. The number of esters is 1. The number of methoxy groups -OCH3 is 1. The summed E-state index contributed by atoms with van der Waals surface area (Å²) in [5.41, 5.74) is 2.03. The summed E-state index contributed by atoms with van der Waals surface area (Å²) in [6.45, 7) is 0.359. The fraction of sp³-hybridized carbons (Fsp3) is 0.133. The molecule has 2 rings (SSSR count). The molecule has 0 saturated carbocycles. The molecule has 0 radical (unpaired) electrons. The van der Waals surface area contributed by atoms with Crippen LogP contribution in [0.2, 0.25) is 0 Å². The van der Waals surface area contributed by atoms with Gasteiger partial charge in [-0.15, -0.1) is 0 Å². The van der Waals surface area contributed by atoms with Crippen molar-refractivity contribution in [1.82, 2.24) is 10.3 Å². The highest BCUT2D eigenvalue weighted by atomic mass is 16.5. The lowest BCUT2D eigenvalue weighted by molar-refractivity contribution is 0.0600.